The van der Waals surface area contributed by atoms with Gasteiger partial charge in [-0.3, -0.25) is 19.3 Å². The number of fused-ring (bicyclic) bond motifs is 4. The highest BCUT2D eigenvalue weighted by molar-refractivity contribution is 6.00. The fourth-order valence-electron chi connectivity index (χ4n) is 6.58. The number of piperazine rings is 1. The molecule has 3 atom stereocenters. The number of carbonyl (C=O) groups excluding carboxylic acids is 4. The molecule has 11 nitrogen and oxygen atoms in total. The van der Waals surface area contributed by atoms with Gasteiger partial charge in [-0.2, -0.15) is 0 Å². The molecule has 52 heavy (non-hydrogen) atoms. The second kappa shape index (κ2) is 17.0. The second-order valence-corrected chi connectivity index (χ2v) is 14.4. The van der Waals surface area contributed by atoms with Crippen molar-refractivity contribution in [1.29, 1.82) is 0 Å². The summed E-state index contributed by atoms with van der Waals surface area (Å²) >= 11 is 0. The van der Waals surface area contributed by atoms with Gasteiger partial charge in [0, 0.05) is 49.9 Å². The van der Waals surface area contributed by atoms with E-state index >= 15 is 4.39 Å². The minimum atomic E-state index is -1.66. The van der Waals surface area contributed by atoms with Crippen LogP contribution in [0.1, 0.15) is 78.8 Å². The maximum atomic E-state index is 15.0. The normalized spacial score (nSPS) is 19.7. The van der Waals surface area contributed by atoms with Crippen LogP contribution in [-0.2, 0) is 22.5 Å². The van der Waals surface area contributed by atoms with Gasteiger partial charge in [0.1, 0.15) is 29.3 Å². The van der Waals surface area contributed by atoms with Crippen molar-refractivity contribution in [3.63, 3.8) is 0 Å². The third kappa shape index (κ3) is 9.87. The van der Waals surface area contributed by atoms with Gasteiger partial charge in [-0.1, -0.05) is 43.3 Å². The van der Waals surface area contributed by atoms with E-state index in [1.54, 1.807) is 54.8 Å². The average Bonchev–Trinajstić information content (AvgIpc) is 3.10. The molecule has 5 rings (SSSR count). The van der Waals surface area contributed by atoms with Crippen LogP contribution in [0.15, 0.2) is 72.8 Å². The molecule has 1 saturated heterocycles. The molecule has 1 fully saturated rings. The monoisotopic (exact) mass is 716 g/mol. The van der Waals surface area contributed by atoms with Gasteiger partial charge < -0.3 is 29.7 Å². The van der Waals surface area contributed by atoms with Crippen molar-refractivity contribution in [3.05, 3.63) is 101 Å². The molecule has 2 N–H and O–H groups in total. The Morgan fingerprint density at radius 2 is 1.71 bits per heavy atom. The molecule has 2 aliphatic heterocycles. The summed E-state index contributed by atoms with van der Waals surface area (Å²) in [7, 11) is 0. The molecule has 3 unspecified atom stereocenters. The number of hydrogen-bond donors (Lipinski definition) is 2. The Balaban J connectivity index is 1.54. The zero-order valence-corrected chi connectivity index (χ0v) is 30.3. The van der Waals surface area contributed by atoms with Crippen LogP contribution in [0.4, 0.5) is 9.18 Å². The van der Waals surface area contributed by atoms with Crippen LogP contribution < -0.4 is 10.1 Å². The van der Waals surface area contributed by atoms with E-state index in [2.05, 4.69) is 5.32 Å². The number of rotatable bonds is 6. The fourth-order valence-corrected chi connectivity index (χ4v) is 6.58. The van der Waals surface area contributed by atoms with E-state index in [9.17, 15) is 24.3 Å². The van der Waals surface area contributed by atoms with Crippen LogP contribution in [-0.4, -0.2) is 100 Å². The van der Waals surface area contributed by atoms with E-state index in [1.807, 2.05) is 37.3 Å². The molecule has 12 heteroatoms. The Hall–Kier alpha value is -4.97. The van der Waals surface area contributed by atoms with Gasteiger partial charge in [0.25, 0.3) is 11.8 Å². The lowest BCUT2D eigenvalue weighted by Gasteiger charge is -2.44. The Bertz CT molecular complexity index is 1730. The molecule has 0 spiro atoms. The molecule has 278 valence electrons. The van der Waals surface area contributed by atoms with E-state index in [4.69, 9.17) is 9.47 Å². The first-order valence-electron chi connectivity index (χ1n) is 18.0. The smallest absolute Gasteiger partial charge is 0.411 e. The van der Waals surface area contributed by atoms with Gasteiger partial charge in [-0.05, 0) is 87.9 Å². The van der Waals surface area contributed by atoms with Gasteiger partial charge >= 0.3 is 6.09 Å². The van der Waals surface area contributed by atoms with E-state index < -0.39 is 47.5 Å². The van der Waals surface area contributed by atoms with Crippen LogP contribution in [0.3, 0.4) is 0 Å². The summed E-state index contributed by atoms with van der Waals surface area (Å²) < 4.78 is 26.6. The summed E-state index contributed by atoms with van der Waals surface area (Å²) in [5, 5.41) is 15.1. The first-order valence-corrected chi connectivity index (χ1v) is 18.0. The lowest BCUT2D eigenvalue weighted by Crippen LogP contribution is -2.66. The summed E-state index contributed by atoms with van der Waals surface area (Å²) in [6.45, 7) is 8.89. The van der Waals surface area contributed by atoms with Crippen LogP contribution in [0.2, 0.25) is 0 Å². The average molecular weight is 717 g/mol. The lowest BCUT2D eigenvalue weighted by molar-refractivity contribution is -0.148. The lowest BCUT2D eigenvalue weighted by atomic mass is 9.92. The van der Waals surface area contributed by atoms with Crippen molar-refractivity contribution in [2.45, 2.75) is 83.7 Å². The van der Waals surface area contributed by atoms with Gasteiger partial charge in [0.05, 0.1) is 12.6 Å². The number of benzene rings is 3. The molecule has 2 aliphatic rings. The number of ether oxygens (including phenoxy) is 2. The Kier molecular flexibility index (Phi) is 12.5. The standard InChI is InChI=1S/C40H49FN4O7/c1-5-16-43-17-9-10-20-51-32-22-28(21-31(41)25-32)23-33(42-36(47)29-14-11-15-30(24-29)37(43)48)35(46)34-38(49)44(26-27-12-7-6-8-13-27)18-19-45(34)39(50)52-40(2,3)4/h6-8,11-15,21-22,24-25,33-35,46H,5,9-10,16-20,23,26H2,1-4H3,(H,42,47). The SMILES string of the molecule is CCCN1CCCCOc2cc(F)cc(c2)CC(C(O)C2C(=O)N(Cc3ccccc3)CCN2C(=O)OC(C)(C)C)NC(=O)c2cccc(c2)C1=O. The fraction of sp³-hybridized carbons (Fsp3) is 0.450. The zero-order chi connectivity index (χ0) is 37.4. The number of aliphatic hydroxyl groups excluding tert-OH is 1. The van der Waals surface area contributed by atoms with Crippen LogP contribution >= 0.6 is 0 Å². The molecule has 0 saturated carbocycles. The number of aliphatic hydroxyl groups is 1. The highest BCUT2D eigenvalue weighted by atomic mass is 19.1. The number of hydrogen-bond acceptors (Lipinski definition) is 7. The highest BCUT2D eigenvalue weighted by Crippen LogP contribution is 2.26. The number of nitrogens with zero attached hydrogens (tertiary/aromatic N) is 3. The maximum Gasteiger partial charge on any atom is 0.411 e. The van der Waals surface area contributed by atoms with Crippen molar-refractivity contribution in [3.8, 4) is 5.75 Å². The first kappa shape index (κ1) is 38.3. The van der Waals surface area contributed by atoms with Crippen molar-refractivity contribution in [2.24, 2.45) is 0 Å². The molecule has 3 aromatic carbocycles. The van der Waals surface area contributed by atoms with Gasteiger partial charge in [0.15, 0.2) is 0 Å². The molecular formula is C40H49FN4O7. The van der Waals surface area contributed by atoms with E-state index in [0.717, 1.165) is 12.0 Å². The third-order valence-electron chi connectivity index (χ3n) is 9.04. The van der Waals surface area contributed by atoms with Gasteiger partial charge in [0.2, 0.25) is 5.91 Å². The van der Waals surface area contributed by atoms with E-state index in [0.29, 0.717) is 37.1 Å². The summed E-state index contributed by atoms with van der Waals surface area (Å²) in [6.07, 6.45) is -0.546. The highest BCUT2D eigenvalue weighted by Gasteiger charge is 2.46. The van der Waals surface area contributed by atoms with E-state index in [1.165, 1.54) is 23.1 Å². The number of amides is 4. The first-order chi connectivity index (χ1) is 24.8. The summed E-state index contributed by atoms with van der Waals surface area (Å²) in [6, 6.07) is 17.2. The largest absolute Gasteiger partial charge is 0.493 e. The van der Waals surface area contributed by atoms with Crippen molar-refractivity contribution >= 4 is 23.8 Å². The number of halogens is 1. The zero-order valence-electron chi connectivity index (χ0n) is 30.3. The minimum Gasteiger partial charge on any atom is -0.493 e. The molecule has 0 aromatic heterocycles. The molecule has 2 heterocycles. The van der Waals surface area contributed by atoms with Crippen LogP contribution in [0, 0.1) is 5.82 Å². The van der Waals surface area contributed by atoms with Crippen LogP contribution in [0.25, 0.3) is 0 Å². The molecular weight excluding hydrogens is 667 g/mol. The molecule has 0 radical (unpaired) electrons. The second-order valence-electron chi connectivity index (χ2n) is 14.4. The summed E-state index contributed by atoms with van der Waals surface area (Å²) in [5.41, 5.74) is 0.871. The van der Waals surface area contributed by atoms with Crippen molar-refractivity contribution in [2.75, 3.05) is 32.8 Å². The minimum absolute atomic E-state index is 0.0618. The predicted molar refractivity (Wildman–Crippen MR) is 193 cm³/mol. The Morgan fingerprint density at radius 3 is 2.44 bits per heavy atom. The Labute approximate surface area is 304 Å². The van der Waals surface area contributed by atoms with E-state index in [-0.39, 0.29) is 49.9 Å². The Morgan fingerprint density at radius 1 is 0.962 bits per heavy atom. The molecule has 4 bridgehead atoms. The van der Waals surface area contributed by atoms with Crippen molar-refractivity contribution in [1.82, 2.24) is 20.0 Å². The van der Waals surface area contributed by atoms with Gasteiger partial charge in [-0.15, -0.1) is 0 Å². The predicted octanol–water partition coefficient (Wildman–Crippen LogP) is 5.20. The van der Waals surface area contributed by atoms with Gasteiger partial charge in [-0.25, -0.2) is 9.18 Å². The molecule has 4 amide bonds. The quantitative estimate of drug-likeness (QED) is 0.359. The van der Waals surface area contributed by atoms with Crippen LogP contribution in [0.5, 0.6) is 5.75 Å². The maximum absolute atomic E-state index is 15.0. The number of carbonyl (C=O) groups is 4. The third-order valence-corrected chi connectivity index (χ3v) is 9.04. The molecule has 0 aliphatic carbocycles. The topological polar surface area (TPSA) is 129 Å². The van der Waals surface area contributed by atoms with Crippen molar-refractivity contribution < 1.29 is 38.1 Å². The number of nitrogens with one attached hydrogen (secondary N) is 1. The molecule has 3 aromatic rings. The summed E-state index contributed by atoms with van der Waals surface area (Å²) in [4.78, 5) is 60.0. The summed E-state index contributed by atoms with van der Waals surface area (Å²) in [5.74, 6) is -1.67.